The number of nitrogen functional groups attached to an aromatic ring is 1. The molecular formula is C9H18N4. The number of anilines is 2. The molecule has 0 aliphatic heterocycles. The van der Waals surface area contributed by atoms with E-state index >= 15 is 0 Å². The molecule has 1 aromatic heterocycles. The summed E-state index contributed by atoms with van der Waals surface area (Å²) in [6, 6.07) is 0. The normalized spacial score (nSPS) is 11.8. The Morgan fingerprint density at radius 3 is 2.23 bits per heavy atom. The molecule has 1 heterocycles. The van der Waals surface area contributed by atoms with Gasteiger partial charge in [0.25, 0.3) is 0 Å². The molecule has 4 heteroatoms. The molecule has 0 bridgehead atoms. The van der Waals surface area contributed by atoms with E-state index in [4.69, 9.17) is 5.73 Å². The fourth-order valence-corrected chi connectivity index (χ4v) is 1.18. The molecule has 0 radical (unpaired) electrons. The summed E-state index contributed by atoms with van der Waals surface area (Å²) in [6.07, 6.45) is 0. The van der Waals surface area contributed by atoms with Gasteiger partial charge >= 0.3 is 0 Å². The Morgan fingerprint density at radius 2 is 1.92 bits per heavy atom. The first-order valence-corrected chi connectivity index (χ1v) is 4.38. The number of rotatable bonds is 1. The lowest BCUT2D eigenvalue weighted by atomic mass is 10.1. The van der Waals surface area contributed by atoms with Crippen molar-refractivity contribution in [2.45, 2.75) is 33.2 Å². The number of nitrogens with two attached hydrogens (primary N) is 1. The maximum absolute atomic E-state index is 5.86. The maximum Gasteiger partial charge on any atom is 0.148 e. The molecular weight excluding hydrogens is 164 g/mol. The van der Waals surface area contributed by atoms with Gasteiger partial charge in [-0.2, -0.15) is 5.10 Å². The van der Waals surface area contributed by atoms with Gasteiger partial charge in [0.1, 0.15) is 5.82 Å². The third-order valence-corrected chi connectivity index (χ3v) is 1.76. The predicted molar refractivity (Wildman–Crippen MR) is 55.7 cm³/mol. The number of hydrogen-bond donors (Lipinski definition) is 2. The quantitative estimate of drug-likeness (QED) is 0.692. The Kier molecular flexibility index (Phi) is 2.24. The third kappa shape index (κ3) is 2.14. The summed E-state index contributed by atoms with van der Waals surface area (Å²) < 4.78 is 1.77. The molecule has 1 rings (SSSR count). The largest absolute Gasteiger partial charge is 0.394 e. The summed E-state index contributed by atoms with van der Waals surface area (Å²) in [5.41, 5.74) is 7.48. The van der Waals surface area contributed by atoms with Gasteiger partial charge in [0.2, 0.25) is 0 Å². The Hall–Kier alpha value is -1.19. The summed E-state index contributed by atoms with van der Waals surface area (Å²) in [6.45, 7) is 8.18. The maximum atomic E-state index is 5.86. The Bertz CT molecular complexity index is 306. The van der Waals surface area contributed by atoms with Crippen molar-refractivity contribution in [2.24, 2.45) is 7.05 Å². The van der Waals surface area contributed by atoms with Crippen LogP contribution in [-0.2, 0) is 7.05 Å². The highest BCUT2D eigenvalue weighted by atomic mass is 15.3. The minimum Gasteiger partial charge on any atom is -0.394 e. The van der Waals surface area contributed by atoms with Gasteiger partial charge in [-0.15, -0.1) is 0 Å². The third-order valence-electron chi connectivity index (χ3n) is 1.76. The summed E-state index contributed by atoms with van der Waals surface area (Å²) in [5, 5.41) is 7.54. The summed E-state index contributed by atoms with van der Waals surface area (Å²) in [7, 11) is 1.89. The van der Waals surface area contributed by atoms with Crippen LogP contribution in [-0.4, -0.2) is 15.3 Å². The van der Waals surface area contributed by atoms with Crippen LogP contribution in [0.3, 0.4) is 0 Å². The van der Waals surface area contributed by atoms with Crippen molar-refractivity contribution in [1.29, 1.82) is 0 Å². The second-order valence-corrected chi connectivity index (χ2v) is 4.35. The number of hydrogen-bond acceptors (Lipinski definition) is 3. The Labute approximate surface area is 79.1 Å². The summed E-state index contributed by atoms with van der Waals surface area (Å²) in [5.74, 6) is 0.894. The van der Waals surface area contributed by atoms with Crippen LogP contribution in [0.25, 0.3) is 0 Å². The van der Waals surface area contributed by atoms with Crippen molar-refractivity contribution >= 4 is 11.5 Å². The molecule has 0 aliphatic carbocycles. The molecule has 0 saturated heterocycles. The first-order chi connectivity index (χ1) is 5.81. The predicted octanol–water partition coefficient (Wildman–Crippen LogP) is 1.52. The van der Waals surface area contributed by atoms with Crippen molar-refractivity contribution in [3.05, 3.63) is 5.69 Å². The molecule has 3 N–H and O–H groups in total. The van der Waals surface area contributed by atoms with Crippen LogP contribution < -0.4 is 11.1 Å². The molecule has 0 unspecified atom stereocenters. The second kappa shape index (κ2) is 2.94. The van der Waals surface area contributed by atoms with Crippen LogP contribution in [0.4, 0.5) is 11.5 Å². The zero-order valence-corrected chi connectivity index (χ0v) is 8.97. The zero-order valence-electron chi connectivity index (χ0n) is 8.97. The lowest BCUT2D eigenvalue weighted by molar-refractivity contribution is 0.617. The fourth-order valence-electron chi connectivity index (χ4n) is 1.18. The van der Waals surface area contributed by atoms with Crippen LogP contribution >= 0.6 is 0 Å². The monoisotopic (exact) mass is 182 g/mol. The van der Waals surface area contributed by atoms with Gasteiger partial charge in [-0.3, -0.25) is 4.68 Å². The number of nitrogens with zero attached hydrogens (tertiary/aromatic N) is 2. The first-order valence-electron chi connectivity index (χ1n) is 4.38. The zero-order chi connectivity index (χ0) is 10.2. The highest BCUT2D eigenvalue weighted by Gasteiger charge is 2.16. The van der Waals surface area contributed by atoms with E-state index in [0.717, 1.165) is 17.2 Å². The van der Waals surface area contributed by atoms with Crippen molar-refractivity contribution in [1.82, 2.24) is 9.78 Å². The Balaban J connectivity index is 3.01. The van der Waals surface area contributed by atoms with Gasteiger partial charge in [0.15, 0.2) is 0 Å². The number of aryl methyl sites for hydroxylation is 2. The molecule has 0 aliphatic rings. The van der Waals surface area contributed by atoms with Crippen molar-refractivity contribution in [3.63, 3.8) is 0 Å². The van der Waals surface area contributed by atoms with E-state index in [1.54, 1.807) is 4.68 Å². The molecule has 1 aromatic rings. The van der Waals surface area contributed by atoms with E-state index in [2.05, 4.69) is 31.2 Å². The lowest BCUT2D eigenvalue weighted by Gasteiger charge is -2.22. The fraction of sp³-hybridized carbons (Fsp3) is 0.667. The van der Waals surface area contributed by atoms with Gasteiger partial charge in [-0.1, -0.05) is 0 Å². The molecule has 0 spiro atoms. The van der Waals surface area contributed by atoms with Crippen LogP contribution in [0.5, 0.6) is 0 Å². The molecule has 0 fully saturated rings. The Morgan fingerprint density at radius 1 is 1.38 bits per heavy atom. The molecule has 0 aromatic carbocycles. The SMILES string of the molecule is Cc1nn(C)c(NC(C)(C)C)c1N. The van der Waals surface area contributed by atoms with Crippen molar-refractivity contribution in [2.75, 3.05) is 11.1 Å². The van der Waals surface area contributed by atoms with Crippen LogP contribution in [0.1, 0.15) is 26.5 Å². The van der Waals surface area contributed by atoms with Gasteiger partial charge in [0, 0.05) is 12.6 Å². The van der Waals surface area contributed by atoms with E-state index in [9.17, 15) is 0 Å². The highest BCUT2D eigenvalue weighted by molar-refractivity contribution is 5.65. The molecule has 13 heavy (non-hydrogen) atoms. The molecule has 0 amide bonds. The smallest absolute Gasteiger partial charge is 0.148 e. The lowest BCUT2D eigenvalue weighted by Crippen LogP contribution is -2.27. The van der Waals surface area contributed by atoms with Crippen LogP contribution in [0.15, 0.2) is 0 Å². The first kappa shape index (κ1) is 9.89. The minimum absolute atomic E-state index is 0.00829. The van der Waals surface area contributed by atoms with Gasteiger partial charge < -0.3 is 11.1 Å². The topological polar surface area (TPSA) is 55.9 Å². The average Bonchev–Trinajstić information content (AvgIpc) is 2.14. The average molecular weight is 182 g/mol. The van der Waals surface area contributed by atoms with Gasteiger partial charge in [-0.05, 0) is 27.7 Å². The van der Waals surface area contributed by atoms with Crippen molar-refractivity contribution < 1.29 is 0 Å². The molecule has 4 nitrogen and oxygen atoms in total. The van der Waals surface area contributed by atoms with E-state index in [-0.39, 0.29) is 5.54 Å². The summed E-state index contributed by atoms with van der Waals surface area (Å²) >= 11 is 0. The summed E-state index contributed by atoms with van der Waals surface area (Å²) in [4.78, 5) is 0. The molecule has 0 atom stereocenters. The van der Waals surface area contributed by atoms with E-state index in [1.165, 1.54) is 0 Å². The van der Waals surface area contributed by atoms with Crippen LogP contribution in [0, 0.1) is 6.92 Å². The molecule has 0 saturated carbocycles. The van der Waals surface area contributed by atoms with Crippen molar-refractivity contribution in [3.8, 4) is 0 Å². The minimum atomic E-state index is 0.00829. The standard InChI is InChI=1S/C9H18N4/c1-6-7(10)8(13(5)12-6)11-9(2,3)4/h11H,10H2,1-5H3. The van der Waals surface area contributed by atoms with Gasteiger partial charge in [0.05, 0.1) is 11.4 Å². The number of nitrogens with one attached hydrogen (secondary N) is 1. The van der Waals surface area contributed by atoms with E-state index < -0.39 is 0 Å². The number of aromatic nitrogens is 2. The second-order valence-electron chi connectivity index (χ2n) is 4.35. The molecule has 74 valence electrons. The van der Waals surface area contributed by atoms with Gasteiger partial charge in [-0.25, -0.2) is 0 Å². The van der Waals surface area contributed by atoms with E-state index in [0.29, 0.717) is 0 Å². The van der Waals surface area contributed by atoms with Crippen LogP contribution in [0.2, 0.25) is 0 Å². The van der Waals surface area contributed by atoms with E-state index in [1.807, 2.05) is 14.0 Å². The highest BCUT2D eigenvalue weighted by Crippen LogP contribution is 2.23.